The number of hydrogen-bond donors (Lipinski definition) is 0. The molecular weight excluding hydrogens is 344 g/mol. The second-order valence-corrected chi connectivity index (χ2v) is 6.86. The molecular formula is C17H19ClN4OS. The fourth-order valence-corrected chi connectivity index (χ4v) is 3.76. The third-order valence-electron chi connectivity index (χ3n) is 3.91. The minimum Gasteiger partial charge on any atom is -0.316 e. The molecule has 1 aromatic heterocycles. The van der Waals surface area contributed by atoms with Gasteiger partial charge in [0.05, 0.1) is 11.4 Å². The SMILES string of the molecule is CCN(C(=O)CSc1nncn1-c1cccc(Cl)c1)C1=CCCC1. The number of allylic oxidation sites excluding steroid dienone is 2. The number of rotatable bonds is 6. The van der Waals surface area contributed by atoms with Crippen molar-refractivity contribution in [1.82, 2.24) is 19.7 Å². The fraction of sp³-hybridized carbons (Fsp3) is 0.353. The van der Waals surface area contributed by atoms with Gasteiger partial charge in [-0.1, -0.05) is 35.5 Å². The number of nitrogens with zero attached hydrogens (tertiary/aromatic N) is 4. The van der Waals surface area contributed by atoms with Gasteiger partial charge in [-0.25, -0.2) is 0 Å². The molecule has 3 rings (SSSR count). The summed E-state index contributed by atoms with van der Waals surface area (Å²) in [6.07, 6.45) is 6.99. The van der Waals surface area contributed by atoms with Gasteiger partial charge in [0.15, 0.2) is 5.16 Å². The molecule has 126 valence electrons. The van der Waals surface area contributed by atoms with E-state index in [1.807, 2.05) is 40.7 Å². The van der Waals surface area contributed by atoms with Crippen molar-refractivity contribution in [2.24, 2.45) is 0 Å². The summed E-state index contributed by atoms with van der Waals surface area (Å²) in [6.45, 7) is 2.71. The molecule has 0 radical (unpaired) electrons. The third-order valence-corrected chi connectivity index (χ3v) is 5.07. The molecule has 0 bridgehead atoms. The van der Waals surface area contributed by atoms with Crippen LogP contribution in [0.25, 0.3) is 5.69 Å². The molecule has 1 aliphatic rings. The summed E-state index contributed by atoms with van der Waals surface area (Å²) in [6, 6.07) is 7.48. The number of halogens is 1. The van der Waals surface area contributed by atoms with E-state index in [1.165, 1.54) is 11.8 Å². The Labute approximate surface area is 150 Å². The molecule has 1 amide bonds. The summed E-state index contributed by atoms with van der Waals surface area (Å²) in [5, 5.41) is 9.42. The molecule has 0 aliphatic heterocycles. The van der Waals surface area contributed by atoms with Crippen LogP contribution in [0, 0.1) is 0 Å². The number of aromatic nitrogens is 3. The van der Waals surface area contributed by atoms with Crippen molar-refractivity contribution in [3.8, 4) is 5.69 Å². The molecule has 0 saturated heterocycles. The Bertz CT molecular complexity index is 759. The molecule has 0 saturated carbocycles. The molecule has 0 atom stereocenters. The Morgan fingerprint density at radius 3 is 3.04 bits per heavy atom. The van der Waals surface area contributed by atoms with E-state index in [4.69, 9.17) is 11.6 Å². The van der Waals surface area contributed by atoms with Crippen LogP contribution < -0.4 is 0 Å². The molecule has 0 fully saturated rings. The number of benzene rings is 1. The van der Waals surface area contributed by atoms with Crippen molar-refractivity contribution in [2.75, 3.05) is 12.3 Å². The standard InChI is InChI=1S/C17H19ClN4OS/c1-2-21(14-7-3-4-8-14)16(23)11-24-17-20-19-12-22(17)15-9-5-6-13(18)10-15/h5-7,9-10,12H,2-4,8,11H2,1H3. The summed E-state index contributed by atoms with van der Waals surface area (Å²) >= 11 is 7.44. The Kier molecular flexibility index (Phi) is 5.58. The zero-order valence-electron chi connectivity index (χ0n) is 13.5. The summed E-state index contributed by atoms with van der Waals surface area (Å²) in [5.41, 5.74) is 2.03. The third kappa shape index (κ3) is 3.82. The van der Waals surface area contributed by atoms with Gasteiger partial charge in [-0.15, -0.1) is 10.2 Å². The van der Waals surface area contributed by atoms with Crippen molar-refractivity contribution in [2.45, 2.75) is 31.3 Å². The monoisotopic (exact) mass is 362 g/mol. The summed E-state index contributed by atoms with van der Waals surface area (Å²) in [4.78, 5) is 14.4. The number of carbonyl (C=O) groups is 1. The maximum absolute atomic E-state index is 12.5. The molecule has 0 N–H and O–H groups in total. The Hall–Kier alpha value is -1.79. The smallest absolute Gasteiger partial charge is 0.237 e. The van der Waals surface area contributed by atoms with Gasteiger partial charge in [-0.05, 0) is 44.4 Å². The van der Waals surface area contributed by atoms with Gasteiger partial charge in [-0.2, -0.15) is 0 Å². The second-order valence-electron chi connectivity index (χ2n) is 5.48. The zero-order chi connectivity index (χ0) is 16.9. The molecule has 0 unspecified atom stereocenters. The van der Waals surface area contributed by atoms with E-state index in [2.05, 4.69) is 16.3 Å². The molecule has 1 aromatic carbocycles. The van der Waals surface area contributed by atoms with Gasteiger partial charge in [0.25, 0.3) is 0 Å². The first-order valence-corrected chi connectivity index (χ1v) is 9.33. The summed E-state index contributed by atoms with van der Waals surface area (Å²) in [5.74, 6) is 0.445. The zero-order valence-corrected chi connectivity index (χ0v) is 15.1. The number of amides is 1. The van der Waals surface area contributed by atoms with E-state index < -0.39 is 0 Å². The predicted octanol–water partition coefficient (Wildman–Crippen LogP) is 3.93. The van der Waals surface area contributed by atoms with Crippen LogP contribution in [0.5, 0.6) is 0 Å². The van der Waals surface area contributed by atoms with Crippen LogP contribution in [0.15, 0.2) is 47.5 Å². The molecule has 7 heteroatoms. The fourth-order valence-electron chi connectivity index (χ4n) is 2.77. The molecule has 0 spiro atoms. The Morgan fingerprint density at radius 2 is 2.33 bits per heavy atom. The van der Waals surface area contributed by atoms with Crippen molar-refractivity contribution in [1.29, 1.82) is 0 Å². The van der Waals surface area contributed by atoms with Crippen LogP contribution in [0.3, 0.4) is 0 Å². The van der Waals surface area contributed by atoms with E-state index in [1.54, 1.807) is 6.33 Å². The van der Waals surface area contributed by atoms with Crippen molar-refractivity contribution < 1.29 is 4.79 Å². The number of hydrogen-bond acceptors (Lipinski definition) is 4. The highest BCUT2D eigenvalue weighted by molar-refractivity contribution is 7.99. The van der Waals surface area contributed by atoms with Crippen LogP contribution in [-0.4, -0.2) is 37.9 Å². The molecule has 2 aromatic rings. The number of carbonyl (C=O) groups excluding carboxylic acids is 1. The van der Waals surface area contributed by atoms with Crippen molar-refractivity contribution in [3.05, 3.63) is 47.4 Å². The van der Waals surface area contributed by atoms with Gasteiger partial charge < -0.3 is 4.90 Å². The van der Waals surface area contributed by atoms with Crippen molar-refractivity contribution >= 4 is 29.3 Å². The van der Waals surface area contributed by atoms with Crippen molar-refractivity contribution in [3.63, 3.8) is 0 Å². The van der Waals surface area contributed by atoms with E-state index in [0.29, 0.717) is 22.5 Å². The van der Waals surface area contributed by atoms with Crippen LogP contribution in [-0.2, 0) is 4.79 Å². The van der Waals surface area contributed by atoms with Gasteiger partial charge >= 0.3 is 0 Å². The van der Waals surface area contributed by atoms with Gasteiger partial charge in [0.2, 0.25) is 5.91 Å². The lowest BCUT2D eigenvalue weighted by Crippen LogP contribution is -2.31. The quantitative estimate of drug-likeness (QED) is 0.730. The van der Waals surface area contributed by atoms with E-state index in [-0.39, 0.29) is 5.91 Å². The van der Waals surface area contributed by atoms with Crippen LogP contribution in [0.2, 0.25) is 5.02 Å². The molecule has 1 aliphatic carbocycles. The maximum Gasteiger partial charge on any atom is 0.237 e. The van der Waals surface area contributed by atoms with Gasteiger partial charge in [-0.3, -0.25) is 9.36 Å². The lowest BCUT2D eigenvalue weighted by atomic mass is 10.3. The van der Waals surface area contributed by atoms with Crippen LogP contribution in [0.1, 0.15) is 26.2 Å². The highest BCUT2D eigenvalue weighted by atomic mass is 35.5. The Balaban J connectivity index is 1.69. The lowest BCUT2D eigenvalue weighted by molar-refractivity contribution is -0.126. The van der Waals surface area contributed by atoms with Crippen LogP contribution in [0.4, 0.5) is 0 Å². The summed E-state index contributed by atoms with van der Waals surface area (Å²) < 4.78 is 1.84. The van der Waals surface area contributed by atoms with E-state index >= 15 is 0 Å². The first kappa shape index (κ1) is 17.0. The van der Waals surface area contributed by atoms with E-state index in [0.717, 1.165) is 30.6 Å². The second kappa shape index (κ2) is 7.85. The average molecular weight is 363 g/mol. The molecule has 24 heavy (non-hydrogen) atoms. The van der Waals surface area contributed by atoms with Gasteiger partial charge in [0, 0.05) is 17.3 Å². The topological polar surface area (TPSA) is 51.0 Å². The molecule has 5 nitrogen and oxygen atoms in total. The minimum absolute atomic E-state index is 0.108. The van der Waals surface area contributed by atoms with Crippen LogP contribution >= 0.6 is 23.4 Å². The predicted molar refractivity (Wildman–Crippen MR) is 96.4 cm³/mol. The van der Waals surface area contributed by atoms with E-state index in [9.17, 15) is 4.79 Å². The maximum atomic E-state index is 12.5. The highest BCUT2D eigenvalue weighted by Gasteiger charge is 2.19. The first-order valence-electron chi connectivity index (χ1n) is 7.97. The Morgan fingerprint density at radius 1 is 1.46 bits per heavy atom. The largest absolute Gasteiger partial charge is 0.316 e. The minimum atomic E-state index is 0.108. The lowest BCUT2D eigenvalue weighted by Gasteiger charge is -2.22. The average Bonchev–Trinajstić information content (AvgIpc) is 3.25. The normalized spacial score (nSPS) is 13.8. The number of thioether (sulfide) groups is 1. The summed E-state index contributed by atoms with van der Waals surface area (Å²) in [7, 11) is 0. The first-order chi connectivity index (χ1) is 11.7. The van der Waals surface area contributed by atoms with Gasteiger partial charge in [0.1, 0.15) is 6.33 Å². The molecule has 1 heterocycles. The highest BCUT2D eigenvalue weighted by Crippen LogP contribution is 2.25.